The van der Waals surface area contributed by atoms with Crippen molar-refractivity contribution in [1.82, 2.24) is 14.7 Å². The molecule has 0 spiro atoms. The molecule has 7 heteroatoms. The van der Waals surface area contributed by atoms with Crippen molar-refractivity contribution in [2.24, 2.45) is 0 Å². The summed E-state index contributed by atoms with van der Waals surface area (Å²) in [6.07, 6.45) is 5.76. The minimum absolute atomic E-state index is 0.162. The number of carbonyl (C=O) groups is 1. The normalized spacial score (nSPS) is 11.4. The summed E-state index contributed by atoms with van der Waals surface area (Å²) in [7, 11) is 0. The molecule has 2 N–H and O–H groups in total. The number of aromatic nitrogens is 2. The largest absolute Gasteiger partial charge is 0.396 e. The van der Waals surface area contributed by atoms with Crippen LogP contribution in [0, 0.1) is 0 Å². The molecule has 0 radical (unpaired) electrons. The number of rotatable bonds is 8. The van der Waals surface area contributed by atoms with Crippen LogP contribution in [0.25, 0.3) is 11.7 Å². The van der Waals surface area contributed by atoms with E-state index in [4.69, 9.17) is 16.7 Å². The summed E-state index contributed by atoms with van der Waals surface area (Å²) in [6.45, 7) is 0.808. The predicted molar refractivity (Wildman–Crippen MR) is 91.3 cm³/mol. The monoisotopic (exact) mass is 339 g/mol. The summed E-state index contributed by atoms with van der Waals surface area (Å²) in [5.74, 6) is 1.57. The molecule has 0 aliphatic rings. The van der Waals surface area contributed by atoms with Crippen LogP contribution in [0.4, 0.5) is 0 Å². The number of carbonyl (C=O) groups excluding carboxylic acids is 1. The van der Waals surface area contributed by atoms with Gasteiger partial charge in [-0.25, -0.2) is 4.98 Å². The third-order valence-corrected chi connectivity index (χ3v) is 4.26. The minimum Gasteiger partial charge on any atom is -0.396 e. The first-order chi connectivity index (χ1) is 10.7. The van der Waals surface area contributed by atoms with Crippen LogP contribution in [0.1, 0.15) is 12.1 Å². The van der Waals surface area contributed by atoms with Crippen LogP contribution >= 0.6 is 23.4 Å². The number of hydrogen-bond acceptors (Lipinski definition) is 4. The zero-order valence-electron chi connectivity index (χ0n) is 12.0. The Kier molecular flexibility index (Phi) is 6.76. The highest BCUT2D eigenvalue weighted by molar-refractivity contribution is 7.99. The van der Waals surface area contributed by atoms with Crippen LogP contribution < -0.4 is 5.32 Å². The number of aliphatic hydroxyl groups is 1. The van der Waals surface area contributed by atoms with Crippen LogP contribution in [0.2, 0.25) is 5.15 Å². The minimum atomic E-state index is -0.162. The van der Waals surface area contributed by atoms with Crippen LogP contribution in [0.3, 0.4) is 0 Å². The molecule has 0 saturated heterocycles. The molecule has 2 heterocycles. The summed E-state index contributed by atoms with van der Waals surface area (Å²) in [4.78, 5) is 16.0. The first-order valence-electron chi connectivity index (χ1n) is 6.99. The second-order valence-electron chi connectivity index (χ2n) is 4.53. The van der Waals surface area contributed by atoms with Gasteiger partial charge in [0.25, 0.3) is 0 Å². The molecule has 0 unspecified atom stereocenters. The van der Waals surface area contributed by atoms with Crippen LogP contribution in [0.15, 0.2) is 30.5 Å². The van der Waals surface area contributed by atoms with Crippen molar-refractivity contribution in [3.8, 4) is 0 Å². The highest BCUT2D eigenvalue weighted by Crippen LogP contribution is 2.18. The van der Waals surface area contributed by atoms with Crippen molar-refractivity contribution in [2.45, 2.75) is 6.42 Å². The third-order valence-electron chi connectivity index (χ3n) is 2.91. The summed E-state index contributed by atoms with van der Waals surface area (Å²) in [5.41, 5.74) is 1.43. The molecule has 5 nitrogen and oxygen atoms in total. The highest BCUT2D eigenvalue weighted by atomic mass is 35.5. The predicted octanol–water partition coefficient (Wildman–Crippen LogP) is 2.23. The van der Waals surface area contributed by atoms with E-state index in [1.165, 1.54) is 6.08 Å². The maximum absolute atomic E-state index is 11.8. The lowest BCUT2D eigenvalue weighted by Gasteiger charge is -2.02. The van der Waals surface area contributed by atoms with E-state index in [0.717, 1.165) is 23.6 Å². The average molecular weight is 340 g/mol. The molecule has 2 aromatic heterocycles. The molecule has 0 aliphatic heterocycles. The average Bonchev–Trinajstić information content (AvgIpc) is 2.84. The van der Waals surface area contributed by atoms with Gasteiger partial charge in [-0.15, -0.1) is 0 Å². The second kappa shape index (κ2) is 8.82. The first kappa shape index (κ1) is 16.9. The molecule has 2 rings (SSSR count). The lowest BCUT2D eigenvalue weighted by Crippen LogP contribution is -2.23. The van der Waals surface area contributed by atoms with Gasteiger partial charge in [-0.05, 0) is 30.4 Å². The molecule has 2 aromatic rings. The Morgan fingerprint density at radius 2 is 2.32 bits per heavy atom. The lowest BCUT2D eigenvalue weighted by atomic mass is 10.3. The van der Waals surface area contributed by atoms with Gasteiger partial charge >= 0.3 is 0 Å². The van der Waals surface area contributed by atoms with Crippen molar-refractivity contribution in [1.29, 1.82) is 0 Å². The van der Waals surface area contributed by atoms with Crippen molar-refractivity contribution >= 4 is 41.0 Å². The van der Waals surface area contributed by atoms with Crippen molar-refractivity contribution in [3.05, 3.63) is 41.3 Å². The molecular formula is C15H18ClN3O2S. The van der Waals surface area contributed by atoms with Crippen LogP contribution in [0.5, 0.6) is 0 Å². The van der Waals surface area contributed by atoms with Crippen molar-refractivity contribution in [2.75, 3.05) is 24.7 Å². The summed E-state index contributed by atoms with van der Waals surface area (Å²) in [6, 6.07) is 5.62. The standard InChI is InChI=1S/C15H18ClN3O2S/c16-15-12(19-8-2-1-4-13(19)18-15)5-6-14(21)17-7-11-22-10-3-9-20/h1-2,4-6,8,20H,3,7,9-11H2,(H,17,21)/b6-5+. The molecule has 0 bridgehead atoms. The molecule has 1 amide bonds. The zero-order valence-corrected chi connectivity index (χ0v) is 13.6. The molecule has 0 aliphatic carbocycles. The number of pyridine rings is 1. The smallest absolute Gasteiger partial charge is 0.244 e. The fourth-order valence-electron chi connectivity index (χ4n) is 1.86. The fraction of sp³-hybridized carbons (Fsp3) is 0.333. The van der Waals surface area contributed by atoms with Crippen LogP contribution in [-0.4, -0.2) is 45.1 Å². The van der Waals surface area contributed by atoms with Gasteiger partial charge in [-0.2, -0.15) is 11.8 Å². The Hall–Kier alpha value is -1.50. The van der Waals surface area contributed by atoms with E-state index in [0.29, 0.717) is 17.4 Å². The van der Waals surface area contributed by atoms with Gasteiger partial charge in [0.1, 0.15) is 5.65 Å². The Balaban J connectivity index is 1.85. The maximum Gasteiger partial charge on any atom is 0.244 e. The molecule has 22 heavy (non-hydrogen) atoms. The SMILES string of the molecule is O=C(/C=C/c1c(Cl)nc2ccccn12)NCCSCCCO. The quantitative estimate of drug-likeness (QED) is 0.571. The summed E-state index contributed by atoms with van der Waals surface area (Å²) >= 11 is 7.79. The molecule has 0 atom stereocenters. The topological polar surface area (TPSA) is 66.6 Å². The van der Waals surface area contributed by atoms with E-state index in [9.17, 15) is 4.79 Å². The fourth-order valence-corrected chi connectivity index (χ4v) is 2.89. The Bertz CT molecular complexity index is 657. The van der Waals surface area contributed by atoms with Gasteiger partial charge in [-0.3, -0.25) is 9.20 Å². The summed E-state index contributed by atoms with van der Waals surface area (Å²) < 4.78 is 1.83. The molecule has 0 aromatic carbocycles. The van der Waals surface area contributed by atoms with Gasteiger partial charge in [-0.1, -0.05) is 17.7 Å². The molecule has 0 saturated carbocycles. The number of nitrogens with one attached hydrogen (secondary N) is 1. The van der Waals surface area contributed by atoms with Gasteiger partial charge in [0, 0.05) is 31.2 Å². The zero-order chi connectivity index (χ0) is 15.8. The highest BCUT2D eigenvalue weighted by Gasteiger charge is 2.07. The number of thioether (sulfide) groups is 1. The Morgan fingerprint density at radius 3 is 3.14 bits per heavy atom. The number of nitrogens with zero attached hydrogens (tertiary/aromatic N) is 2. The second-order valence-corrected chi connectivity index (χ2v) is 6.11. The molecular weight excluding hydrogens is 322 g/mol. The van der Waals surface area contributed by atoms with Crippen molar-refractivity contribution < 1.29 is 9.90 Å². The number of imidazole rings is 1. The Morgan fingerprint density at radius 1 is 1.45 bits per heavy atom. The molecule has 0 fully saturated rings. The van der Waals surface area contributed by atoms with Gasteiger partial charge < -0.3 is 10.4 Å². The van der Waals surface area contributed by atoms with E-state index < -0.39 is 0 Å². The number of aliphatic hydroxyl groups excluding tert-OH is 1. The third kappa shape index (κ3) is 4.76. The Labute approximate surface area is 138 Å². The maximum atomic E-state index is 11.8. The van der Waals surface area contributed by atoms with E-state index >= 15 is 0 Å². The number of halogens is 1. The molecule has 118 valence electrons. The number of fused-ring (bicyclic) bond motifs is 1. The van der Waals surface area contributed by atoms with Crippen molar-refractivity contribution in [3.63, 3.8) is 0 Å². The van der Waals surface area contributed by atoms with E-state index in [-0.39, 0.29) is 12.5 Å². The first-order valence-corrected chi connectivity index (χ1v) is 8.52. The lowest BCUT2D eigenvalue weighted by molar-refractivity contribution is -0.116. The number of amides is 1. The summed E-state index contributed by atoms with van der Waals surface area (Å²) in [5, 5.41) is 11.8. The van der Waals surface area contributed by atoms with E-state index in [1.807, 2.05) is 28.8 Å². The van der Waals surface area contributed by atoms with E-state index in [2.05, 4.69) is 10.3 Å². The van der Waals surface area contributed by atoms with Gasteiger partial charge in [0.2, 0.25) is 5.91 Å². The number of hydrogen-bond donors (Lipinski definition) is 2. The van der Waals surface area contributed by atoms with Gasteiger partial charge in [0.15, 0.2) is 5.15 Å². The van der Waals surface area contributed by atoms with Gasteiger partial charge in [0.05, 0.1) is 5.69 Å². The van der Waals surface area contributed by atoms with E-state index in [1.54, 1.807) is 17.8 Å². The van der Waals surface area contributed by atoms with Crippen LogP contribution in [-0.2, 0) is 4.79 Å².